The Labute approximate surface area is 136 Å². The van der Waals surface area contributed by atoms with Crippen LogP contribution in [0.15, 0.2) is 18.2 Å². The molecule has 0 amide bonds. The maximum absolute atomic E-state index is 5.58. The monoisotopic (exact) mass is 322 g/mol. The van der Waals surface area contributed by atoms with E-state index in [4.69, 9.17) is 17.0 Å². The Bertz CT molecular complexity index is 515. The average molecular weight is 322 g/mol. The summed E-state index contributed by atoms with van der Waals surface area (Å²) in [6.07, 6.45) is 7.82. The van der Waals surface area contributed by atoms with E-state index in [2.05, 4.69) is 35.2 Å². The quantitative estimate of drug-likeness (QED) is 0.620. The SMILES string of the molecule is CC1Cc2cc(NSC3CCCCC3)ccc2NC(=S)O1. The van der Waals surface area contributed by atoms with Gasteiger partial charge in [-0.15, -0.1) is 0 Å². The van der Waals surface area contributed by atoms with Crippen LogP contribution in [-0.4, -0.2) is 16.5 Å². The maximum Gasteiger partial charge on any atom is 0.261 e. The summed E-state index contributed by atoms with van der Waals surface area (Å²) in [7, 11) is 0. The molecular formula is C16H22N2OS2. The van der Waals surface area contributed by atoms with Crippen LogP contribution < -0.4 is 10.0 Å². The molecule has 0 aromatic heterocycles. The molecule has 3 rings (SSSR count). The van der Waals surface area contributed by atoms with Crippen molar-refractivity contribution < 1.29 is 4.74 Å². The molecule has 0 bridgehead atoms. The van der Waals surface area contributed by atoms with Crippen molar-refractivity contribution in [2.45, 2.75) is 56.8 Å². The smallest absolute Gasteiger partial charge is 0.261 e. The predicted molar refractivity (Wildman–Crippen MR) is 95.0 cm³/mol. The average Bonchev–Trinajstić information content (AvgIpc) is 2.62. The van der Waals surface area contributed by atoms with Gasteiger partial charge < -0.3 is 14.8 Å². The Balaban J connectivity index is 1.66. The third-order valence-electron chi connectivity index (χ3n) is 4.05. The lowest BCUT2D eigenvalue weighted by atomic mass is 10.0. The van der Waals surface area contributed by atoms with E-state index in [0.29, 0.717) is 5.17 Å². The highest BCUT2D eigenvalue weighted by molar-refractivity contribution is 8.01. The van der Waals surface area contributed by atoms with Gasteiger partial charge in [0.15, 0.2) is 0 Å². The Morgan fingerprint density at radius 3 is 2.90 bits per heavy atom. The normalized spacial score (nSPS) is 22.7. The lowest BCUT2D eigenvalue weighted by Gasteiger charge is -2.21. The van der Waals surface area contributed by atoms with E-state index in [9.17, 15) is 0 Å². The molecule has 1 fully saturated rings. The number of fused-ring (bicyclic) bond motifs is 1. The second kappa shape index (κ2) is 6.88. The van der Waals surface area contributed by atoms with Crippen molar-refractivity contribution in [2.75, 3.05) is 10.0 Å². The van der Waals surface area contributed by atoms with Gasteiger partial charge in [-0.3, -0.25) is 0 Å². The number of hydrogen-bond donors (Lipinski definition) is 2. The molecule has 0 radical (unpaired) electrons. The van der Waals surface area contributed by atoms with Crippen molar-refractivity contribution in [1.29, 1.82) is 0 Å². The first-order valence-corrected chi connectivity index (χ1v) is 9.02. The van der Waals surface area contributed by atoms with Gasteiger partial charge in [0.1, 0.15) is 6.10 Å². The van der Waals surface area contributed by atoms with Crippen molar-refractivity contribution in [3.05, 3.63) is 23.8 Å². The zero-order chi connectivity index (χ0) is 14.7. The summed E-state index contributed by atoms with van der Waals surface area (Å²) in [6.45, 7) is 2.06. The fraction of sp³-hybridized carbons (Fsp3) is 0.562. The largest absolute Gasteiger partial charge is 0.467 e. The number of hydrogen-bond acceptors (Lipinski definition) is 4. The zero-order valence-corrected chi connectivity index (χ0v) is 14.0. The highest BCUT2D eigenvalue weighted by Crippen LogP contribution is 2.31. The minimum absolute atomic E-state index is 0.118. The van der Waals surface area contributed by atoms with E-state index in [1.165, 1.54) is 43.4 Å². The van der Waals surface area contributed by atoms with Crippen LogP contribution >= 0.6 is 24.2 Å². The number of ether oxygens (including phenoxy) is 1. The molecule has 1 atom stereocenters. The molecule has 0 saturated heterocycles. The second-order valence-electron chi connectivity index (χ2n) is 5.90. The van der Waals surface area contributed by atoms with Crippen LogP contribution in [0.25, 0.3) is 0 Å². The highest BCUT2D eigenvalue weighted by Gasteiger charge is 2.18. The van der Waals surface area contributed by atoms with E-state index in [1.807, 2.05) is 11.9 Å². The molecule has 1 heterocycles. The van der Waals surface area contributed by atoms with Gasteiger partial charge in [0.2, 0.25) is 0 Å². The Hall–Kier alpha value is -0.940. The van der Waals surface area contributed by atoms with E-state index in [1.54, 1.807) is 0 Å². The van der Waals surface area contributed by atoms with Crippen LogP contribution in [-0.2, 0) is 11.2 Å². The molecule has 1 unspecified atom stereocenters. The Morgan fingerprint density at radius 2 is 2.10 bits per heavy atom. The molecule has 1 aliphatic heterocycles. The summed E-state index contributed by atoms with van der Waals surface area (Å²) in [5.41, 5.74) is 3.50. The van der Waals surface area contributed by atoms with E-state index >= 15 is 0 Å². The van der Waals surface area contributed by atoms with Crippen molar-refractivity contribution in [3.8, 4) is 0 Å². The highest BCUT2D eigenvalue weighted by atomic mass is 32.2. The molecule has 1 aromatic rings. The number of anilines is 2. The van der Waals surface area contributed by atoms with Gasteiger partial charge in [-0.1, -0.05) is 19.3 Å². The summed E-state index contributed by atoms with van der Waals surface area (Å²) in [5, 5.41) is 4.39. The van der Waals surface area contributed by atoms with Crippen LogP contribution in [0, 0.1) is 0 Å². The molecule has 1 aromatic carbocycles. The summed E-state index contributed by atoms with van der Waals surface area (Å²) in [4.78, 5) is 0. The summed E-state index contributed by atoms with van der Waals surface area (Å²) in [5.74, 6) is 0. The van der Waals surface area contributed by atoms with Crippen LogP contribution in [0.2, 0.25) is 0 Å². The second-order valence-corrected chi connectivity index (χ2v) is 7.37. The first-order valence-electron chi connectivity index (χ1n) is 7.73. The number of rotatable bonds is 3. The van der Waals surface area contributed by atoms with Crippen LogP contribution in [0.5, 0.6) is 0 Å². The first-order chi connectivity index (χ1) is 10.2. The van der Waals surface area contributed by atoms with Crippen molar-refractivity contribution in [1.82, 2.24) is 0 Å². The molecule has 1 saturated carbocycles. The third kappa shape index (κ3) is 4.04. The fourth-order valence-electron chi connectivity index (χ4n) is 2.96. The van der Waals surface area contributed by atoms with Crippen molar-refractivity contribution >= 4 is 40.7 Å². The van der Waals surface area contributed by atoms with Crippen LogP contribution in [0.1, 0.15) is 44.6 Å². The van der Waals surface area contributed by atoms with Gasteiger partial charge in [-0.25, -0.2) is 0 Å². The molecule has 21 heavy (non-hydrogen) atoms. The summed E-state index contributed by atoms with van der Waals surface area (Å²) < 4.78 is 9.11. The predicted octanol–water partition coefficient (Wildman–Crippen LogP) is 4.74. The molecule has 1 aliphatic carbocycles. The minimum Gasteiger partial charge on any atom is -0.467 e. The van der Waals surface area contributed by atoms with Gasteiger partial charge >= 0.3 is 0 Å². The maximum atomic E-state index is 5.58. The van der Waals surface area contributed by atoms with Gasteiger partial charge in [0.25, 0.3) is 5.17 Å². The summed E-state index contributed by atoms with van der Waals surface area (Å²) in [6, 6.07) is 6.42. The molecule has 5 heteroatoms. The van der Waals surface area contributed by atoms with Crippen molar-refractivity contribution in [2.24, 2.45) is 0 Å². The van der Waals surface area contributed by atoms with Gasteiger partial charge in [0, 0.05) is 23.0 Å². The Morgan fingerprint density at radius 1 is 1.29 bits per heavy atom. The van der Waals surface area contributed by atoms with Crippen LogP contribution in [0.3, 0.4) is 0 Å². The number of nitrogens with one attached hydrogen (secondary N) is 2. The third-order valence-corrected chi connectivity index (χ3v) is 5.41. The standard InChI is InChI=1S/C16H22N2OS2/c1-11-9-12-10-13(7-8-15(12)17-16(20)19-11)18-21-14-5-3-2-4-6-14/h7-8,10-11,14,18H,2-6,9H2,1H3,(H,17,20). The van der Waals surface area contributed by atoms with E-state index < -0.39 is 0 Å². The lowest BCUT2D eigenvalue weighted by Crippen LogP contribution is -2.16. The van der Waals surface area contributed by atoms with Gasteiger partial charge in [-0.05, 0) is 67.7 Å². The van der Waals surface area contributed by atoms with Crippen molar-refractivity contribution in [3.63, 3.8) is 0 Å². The first kappa shape index (κ1) is 15.0. The molecule has 2 aliphatic rings. The number of benzene rings is 1. The van der Waals surface area contributed by atoms with E-state index in [-0.39, 0.29) is 6.10 Å². The summed E-state index contributed by atoms with van der Waals surface area (Å²) >= 11 is 7.04. The molecule has 3 nitrogen and oxygen atoms in total. The lowest BCUT2D eigenvalue weighted by molar-refractivity contribution is 0.217. The van der Waals surface area contributed by atoms with Crippen LogP contribution in [0.4, 0.5) is 11.4 Å². The van der Waals surface area contributed by atoms with Gasteiger partial charge in [0.05, 0.1) is 0 Å². The molecule has 114 valence electrons. The van der Waals surface area contributed by atoms with E-state index in [0.717, 1.165) is 17.4 Å². The Kier molecular flexibility index (Phi) is 4.91. The van der Waals surface area contributed by atoms with Gasteiger partial charge in [-0.2, -0.15) is 0 Å². The molecule has 0 spiro atoms. The fourth-order valence-corrected chi connectivity index (χ4v) is 4.23. The molecular weight excluding hydrogens is 300 g/mol. The zero-order valence-electron chi connectivity index (χ0n) is 12.4. The molecule has 2 N–H and O–H groups in total. The minimum atomic E-state index is 0.118. The number of thiocarbonyl (C=S) groups is 1. The topological polar surface area (TPSA) is 33.3 Å².